The first kappa shape index (κ1) is 12.7. The van der Waals surface area contributed by atoms with Gasteiger partial charge in [-0.05, 0) is 53.4 Å². The minimum absolute atomic E-state index is 0.626. The van der Waals surface area contributed by atoms with Gasteiger partial charge in [-0.1, -0.05) is 15.9 Å². The van der Waals surface area contributed by atoms with E-state index in [1.54, 1.807) is 11.3 Å². The number of nitrogens with zero attached hydrogens (tertiary/aromatic N) is 2. The van der Waals surface area contributed by atoms with Crippen LogP contribution in [0.15, 0.2) is 39.5 Å². The molecule has 1 aliphatic rings. The molecule has 0 spiro atoms. The first-order valence-corrected chi connectivity index (χ1v) is 7.98. The highest BCUT2D eigenvalue weighted by Gasteiger charge is 2.29. The summed E-state index contributed by atoms with van der Waals surface area (Å²) in [6, 6.07) is 11.0. The van der Waals surface area contributed by atoms with Crippen LogP contribution in [0.5, 0.6) is 0 Å². The Balaban J connectivity index is 1.92. The van der Waals surface area contributed by atoms with Gasteiger partial charge in [-0.2, -0.15) is 16.6 Å². The summed E-state index contributed by atoms with van der Waals surface area (Å²) >= 11 is 5.23. The fourth-order valence-corrected chi connectivity index (χ4v) is 3.34. The molecule has 1 heterocycles. The van der Waals surface area contributed by atoms with Gasteiger partial charge in [0.1, 0.15) is 0 Å². The second-order valence-electron chi connectivity index (χ2n) is 4.80. The smallest absolute Gasteiger partial charge is 0.0992 e. The summed E-state index contributed by atoms with van der Waals surface area (Å²) in [7, 11) is 0. The zero-order valence-corrected chi connectivity index (χ0v) is 12.7. The predicted molar refractivity (Wildman–Crippen MR) is 82.4 cm³/mol. The van der Waals surface area contributed by atoms with Crippen molar-refractivity contribution >= 4 is 33.0 Å². The molecule has 4 heteroatoms. The molecule has 3 rings (SSSR count). The quantitative estimate of drug-likeness (QED) is 0.821. The summed E-state index contributed by atoms with van der Waals surface area (Å²) in [6.07, 6.45) is 2.50. The van der Waals surface area contributed by atoms with Crippen molar-refractivity contribution in [3.8, 4) is 6.07 Å². The van der Waals surface area contributed by atoms with Gasteiger partial charge in [0, 0.05) is 22.7 Å². The van der Waals surface area contributed by atoms with Gasteiger partial charge in [0.15, 0.2) is 0 Å². The summed E-state index contributed by atoms with van der Waals surface area (Å²) in [5.41, 5.74) is 3.19. The Labute approximate surface area is 125 Å². The lowest BCUT2D eigenvalue weighted by molar-refractivity contribution is 0.796. The standard InChI is InChI=1S/C15H13BrN2S/c16-13-5-12(8-17)6-15(7-13)18(14-1-2-14)9-11-3-4-19-10-11/h3-7,10,14H,1-2,9H2. The van der Waals surface area contributed by atoms with Crippen LogP contribution in [0.2, 0.25) is 0 Å². The van der Waals surface area contributed by atoms with E-state index in [0.29, 0.717) is 11.6 Å². The van der Waals surface area contributed by atoms with Gasteiger partial charge in [0.2, 0.25) is 0 Å². The number of rotatable bonds is 4. The summed E-state index contributed by atoms with van der Waals surface area (Å²) < 4.78 is 0.970. The van der Waals surface area contributed by atoms with E-state index in [0.717, 1.165) is 16.7 Å². The van der Waals surface area contributed by atoms with Crippen LogP contribution in [0.4, 0.5) is 5.69 Å². The van der Waals surface area contributed by atoms with Crippen molar-refractivity contribution in [2.24, 2.45) is 0 Å². The molecule has 1 saturated carbocycles. The van der Waals surface area contributed by atoms with E-state index in [1.807, 2.05) is 12.1 Å². The van der Waals surface area contributed by atoms with Crippen LogP contribution in [0, 0.1) is 11.3 Å². The van der Waals surface area contributed by atoms with E-state index in [4.69, 9.17) is 5.26 Å². The molecular weight excluding hydrogens is 320 g/mol. The molecular formula is C15H13BrN2S. The van der Waals surface area contributed by atoms with E-state index in [9.17, 15) is 0 Å². The van der Waals surface area contributed by atoms with Crippen molar-refractivity contribution < 1.29 is 0 Å². The molecule has 2 nitrogen and oxygen atoms in total. The van der Waals surface area contributed by atoms with Crippen LogP contribution in [0.3, 0.4) is 0 Å². The number of hydrogen-bond donors (Lipinski definition) is 0. The molecule has 0 aliphatic heterocycles. The number of nitriles is 1. The second-order valence-corrected chi connectivity index (χ2v) is 6.50. The highest BCUT2D eigenvalue weighted by Crippen LogP contribution is 2.35. The van der Waals surface area contributed by atoms with E-state index in [-0.39, 0.29) is 0 Å². The Bertz CT molecular complexity index is 612. The number of halogens is 1. The fourth-order valence-electron chi connectivity index (χ4n) is 2.20. The Hall–Kier alpha value is -1.31. The molecule has 19 heavy (non-hydrogen) atoms. The Morgan fingerprint density at radius 3 is 2.84 bits per heavy atom. The van der Waals surface area contributed by atoms with Crippen LogP contribution < -0.4 is 4.90 Å². The zero-order chi connectivity index (χ0) is 13.2. The lowest BCUT2D eigenvalue weighted by Gasteiger charge is -2.24. The molecule has 1 aromatic carbocycles. The molecule has 0 saturated heterocycles. The molecule has 1 aromatic heterocycles. The van der Waals surface area contributed by atoms with Crippen molar-refractivity contribution in [1.82, 2.24) is 0 Å². The molecule has 0 bridgehead atoms. The molecule has 96 valence electrons. The van der Waals surface area contributed by atoms with Crippen molar-refractivity contribution in [3.63, 3.8) is 0 Å². The number of thiophene rings is 1. The largest absolute Gasteiger partial charge is 0.364 e. The van der Waals surface area contributed by atoms with Gasteiger partial charge in [-0.3, -0.25) is 0 Å². The highest BCUT2D eigenvalue weighted by molar-refractivity contribution is 9.10. The van der Waals surface area contributed by atoms with E-state index >= 15 is 0 Å². The molecule has 0 N–H and O–H groups in total. The van der Waals surface area contributed by atoms with Crippen LogP contribution in [-0.2, 0) is 6.54 Å². The molecule has 1 aliphatic carbocycles. The van der Waals surface area contributed by atoms with Gasteiger partial charge in [-0.15, -0.1) is 0 Å². The highest BCUT2D eigenvalue weighted by atomic mass is 79.9. The van der Waals surface area contributed by atoms with Crippen LogP contribution in [-0.4, -0.2) is 6.04 Å². The third kappa shape index (κ3) is 2.99. The van der Waals surface area contributed by atoms with Crippen LogP contribution in [0.25, 0.3) is 0 Å². The third-order valence-electron chi connectivity index (χ3n) is 3.26. The summed E-state index contributed by atoms with van der Waals surface area (Å²) in [5, 5.41) is 13.4. The Kier molecular flexibility index (Phi) is 3.58. The lowest BCUT2D eigenvalue weighted by Crippen LogP contribution is -2.24. The van der Waals surface area contributed by atoms with E-state index in [2.05, 4.69) is 49.8 Å². The van der Waals surface area contributed by atoms with E-state index in [1.165, 1.54) is 18.4 Å². The van der Waals surface area contributed by atoms with Gasteiger partial charge in [0.05, 0.1) is 11.6 Å². The molecule has 0 amide bonds. The maximum atomic E-state index is 9.09. The fraction of sp³-hybridized carbons (Fsp3) is 0.267. The normalized spacial score (nSPS) is 14.1. The van der Waals surface area contributed by atoms with Gasteiger partial charge < -0.3 is 4.90 Å². The van der Waals surface area contributed by atoms with Crippen LogP contribution in [0.1, 0.15) is 24.0 Å². The summed E-state index contributed by atoms with van der Waals surface area (Å²) in [6.45, 7) is 0.926. The summed E-state index contributed by atoms with van der Waals surface area (Å²) in [4.78, 5) is 2.41. The first-order chi connectivity index (χ1) is 9.26. The molecule has 1 fully saturated rings. The van der Waals surface area contributed by atoms with Gasteiger partial charge >= 0.3 is 0 Å². The average Bonchev–Trinajstić information content (AvgIpc) is 3.12. The first-order valence-electron chi connectivity index (χ1n) is 6.24. The lowest BCUT2D eigenvalue weighted by atomic mass is 10.2. The van der Waals surface area contributed by atoms with Crippen molar-refractivity contribution in [2.75, 3.05) is 4.90 Å². The number of anilines is 1. The SMILES string of the molecule is N#Cc1cc(Br)cc(N(Cc2ccsc2)C2CC2)c1. The molecule has 0 unspecified atom stereocenters. The third-order valence-corrected chi connectivity index (χ3v) is 4.45. The van der Waals surface area contributed by atoms with Crippen LogP contribution >= 0.6 is 27.3 Å². The average molecular weight is 333 g/mol. The van der Waals surface area contributed by atoms with Gasteiger partial charge in [-0.25, -0.2) is 0 Å². The second kappa shape index (κ2) is 5.36. The van der Waals surface area contributed by atoms with Crippen molar-refractivity contribution in [3.05, 3.63) is 50.6 Å². The van der Waals surface area contributed by atoms with E-state index < -0.39 is 0 Å². The zero-order valence-electron chi connectivity index (χ0n) is 10.3. The van der Waals surface area contributed by atoms with Gasteiger partial charge in [0.25, 0.3) is 0 Å². The van der Waals surface area contributed by atoms with Crippen molar-refractivity contribution in [2.45, 2.75) is 25.4 Å². The molecule has 0 atom stereocenters. The Morgan fingerprint density at radius 2 is 2.21 bits per heavy atom. The molecule has 0 radical (unpaired) electrons. The maximum absolute atomic E-state index is 9.09. The molecule has 2 aromatic rings. The number of hydrogen-bond acceptors (Lipinski definition) is 3. The minimum Gasteiger partial charge on any atom is -0.364 e. The minimum atomic E-state index is 0.626. The summed E-state index contributed by atoms with van der Waals surface area (Å²) in [5.74, 6) is 0. The predicted octanol–water partition coefficient (Wildman–Crippen LogP) is 4.55. The monoisotopic (exact) mass is 332 g/mol. The Morgan fingerprint density at radius 1 is 1.37 bits per heavy atom. The topological polar surface area (TPSA) is 27.0 Å². The number of benzene rings is 1. The van der Waals surface area contributed by atoms with Crippen molar-refractivity contribution in [1.29, 1.82) is 5.26 Å². The maximum Gasteiger partial charge on any atom is 0.0992 e.